The summed E-state index contributed by atoms with van der Waals surface area (Å²) in [6.45, 7) is 8.24. The molecule has 0 rings (SSSR count). The molecular formula is C15H34N4O8P2S2. The summed E-state index contributed by atoms with van der Waals surface area (Å²) >= 11 is 10.3. The zero-order valence-corrected chi connectivity index (χ0v) is 21.5. The van der Waals surface area contributed by atoms with E-state index in [9.17, 15) is 9.13 Å². The first kappa shape index (κ1) is 30.6. The van der Waals surface area contributed by atoms with Crippen molar-refractivity contribution in [3.8, 4) is 0 Å². The molecule has 0 aromatic carbocycles. The fraction of sp³-hybridized carbons (Fsp3) is 0.867. The van der Waals surface area contributed by atoms with Crippen LogP contribution in [0.4, 0.5) is 0 Å². The molecule has 12 nitrogen and oxygen atoms in total. The van der Waals surface area contributed by atoms with E-state index in [0.29, 0.717) is 55.7 Å². The molecule has 0 saturated heterocycles. The van der Waals surface area contributed by atoms with Crippen molar-refractivity contribution in [2.45, 2.75) is 58.2 Å². The Labute approximate surface area is 193 Å². The summed E-state index contributed by atoms with van der Waals surface area (Å²) in [7, 11) is -9.09. The molecular weight excluding hydrogens is 490 g/mol. The van der Waals surface area contributed by atoms with Crippen LogP contribution in [0.25, 0.3) is 0 Å². The normalized spacial score (nSPS) is 12.9. The molecule has 0 amide bonds. The van der Waals surface area contributed by atoms with Gasteiger partial charge in [-0.1, -0.05) is 0 Å². The maximum atomic E-state index is 10.9. The largest absolute Gasteiger partial charge is 0.470 e. The molecule has 0 atom stereocenters. The van der Waals surface area contributed by atoms with Crippen molar-refractivity contribution in [2.75, 3.05) is 26.2 Å². The second-order valence-corrected chi connectivity index (χ2v) is 11.0. The van der Waals surface area contributed by atoms with Crippen LogP contribution in [0.2, 0.25) is 0 Å². The molecule has 31 heavy (non-hydrogen) atoms. The summed E-state index contributed by atoms with van der Waals surface area (Å²) in [5.41, 5.74) is -1.99. The lowest BCUT2D eigenvalue weighted by atomic mass is 10.1. The van der Waals surface area contributed by atoms with Crippen molar-refractivity contribution in [1.82, 2.24) is 21.3 Å². The van der Waals surface area contributed by atoms with Crippen LogP contribution in [0, 0.1) is 0 Å². The Kier molecular flexibility index (Phi) is 13.2. The third-order valence-corrected chi connectivity index (χ3v) is 5.72. The van der Waals surface area contributed by atoms with Crippen molar-refractivity contribution in [3.05, 3.63) is 0 Å². The Morgan fingerprint density at radius 3 is 1.29 bits per heavy atom. The van der Waals surface area contributed by atoms with Crippen LogP contribution in [0.15, 0.2) is 0 Å². The average molecular weight is 525 g/mol. The van der Waals surface area contributed by atoms with E-state index in [1.807, 2.05) is 0 Å². The van der Waals surface area contributed by atoms with Gasteiger partial charge in [0.15, 0.2) is 10.2 Å². The van der Waals surface area contributed by atoms with Crippen LogP contribution in [0.3, 0.4) is 0 Å². The minimum absolute atomic E-state index is 0.345. The molecule has 16 heteroatoms. The van der Waals surface area contributed by atoms with Gasteiger partial charge >= 0.3 is 15.6 Å². The first-order valence-corrected chi connectivity index (χ1v) is 13.3. The van der Waals surface area contributed by atoms with E-state index in [-0.39, 0.29) is 0 Å². The molecule has 0 fully saturated rings. The highest BCUT2D eigenvalue weighted by Crippen LogP contribution is 2.42. The van der Waals surface area contributed by atoms with Gasteiger partial charge in [0.25, 0.3) is 0 Å². The Bertz CT molecular complexity index is 628. The Hall–Kier alpha value is -0.400. The number of hydrogen-bond acceptors (Lipinski definition) is 6. The first-order chi connectivity index (χ1) is 13.9. The summed E-state index contributed by atoms with van der Waals surface area (Å²) in [6.07, 6.45) is 1.40. The van der Waals surface area contributed by atoms with Gasteiger partial charge in [-0.3, -0.25) is 9.05 Å². The Morgan fingerprint density at radius 2 is 1.00 bits per heavy atom. The summed E-state index contributed by atoms with van der Waals surface area (Å²) in [5.74, 6) is 0. The zero-order chi connectivity index (χ0) is 24.3. The van der Waals surface area contributed by atoms with E-state index in [2.05, 4.69) is 21.3 Å². The van der Waals surface area contributed by atoms with Crippen molar-refractivity contribution >= 4 is 50.3 Å². The van der Waals surface area contributed by atoms with Crippen LogP contribution in [0.5, 0.6) is 0 Å². The van der Waals surface area contributed by atoms with Gasteiger partial charge in [-0.05, 0) is 71.4 Å². The minimum Gasteiger partial charge on any atom is -0.363 e. The number of nitrogens with one attached hydrogen (secondary N) is 4. The van der Waals surface area contributed by atoms with Gasteiger partial charge in [0.1, 0.15) is 0 Å². The third kappa shape index (κ3) is 20.0. The lowest BCUT2D eigenvalue weighted by molar-refractivity contribution is 0.0576. The molecule has 0 aliphatic carbocycles. The van der Waals surface area contributed by atoms with Gasteiger partial charge < -0.3 is 40.8 Å². The number of thiocarbonyl (C=S) groups is 2. The maximum absolute atomic E-state index is 10.9. The van der Waals surface area contributed by atoms with E-state index < -0.39 is 26.8 Å². The summed E-state index contributed by atoms with van der Waals surface area (Å²) in [5, 5.41) is 12.7. The van der Waals surface area contributed by atoms with E-state index in [4.69, 9.17) is 53.1 Å². The van der Waals surface area contributed by atoms with Crippen LogP contribution < -0.4 is 21.3 Å². The van der Waals surface area contributed by atoms with Crippen LogP contribution >= 0.6 is 40.1 Å². The average Bonchev–Trinajstić information content (AvgIpc) is 2.49. The number of rotatable bonds is 14. The Balaban J connectivity index is 3.85. The molecule has 0 aliphatic rings. The molecule has 0 aromatic rings. The SMILES string of the molecule is CC(C)(CCNC(=S)NCCCNC(=S)NCCC(C)(C)OP(=O)(O)O)OP(=O)(O)O. The number of phosphoric acid groups is 2. The molecule has 184 valence electrons. The molecule has 0 saturated carbocycles. The molecule has 0 bridgehead atoms. The molecule has 0 radical (unpaired) electrons. The third-order valence-electron chi connectivity index (χ3n) is 3.68. The zero-order valence-electron chi connectivity index (χ0n) is 18.1. The molecule has 0 aliphatic heterocycles. The second kappa shape index (κ2) is 13.3. The summed E-state index contributed by atoms with van der Waals surface area (Å²) in [6, 6.07) is 0. The smallest absolute Gasteiger partial charge is 0.363 e. The lowest BCUT2D eigenvalue weighted by Gasteiger charge is -2.25. The topological polar surface area (TPSA) is 182 Å². The lowest BCUT2D eigenvalue weighted by Crippen LogP contribution is -2.41. The molecule has 0 spiro atoms. The van der Waals surface area contributed by atoms with Crippen molar-refractivity contribution in [2.24, 2.45) is 0 Å². The van der Waals surface area contributed by atoms with E-state index in [0.717, 1.165) is 0 Å². The maximum Gasteiger partial charge on any atom is 0.470 e. The van der Waals surface area contributed by atoms with Gasteiger partial charge in [0, 0.05) is 26.2 Å². The van der Waals surface area contributed by atoms with Crippen LogP contribution in [0.1, 0.15) is 47.0 Å². The van der Waals surface area contributed by atoms with Crippen molar-refractivity contribution < 1.29 is 37.8 Å². The quantitative estimate of drug-likeness (QED) is 0.0910. The van der Waals surface area contributed by atoms with E-state index in [1.54, 1.807) is 27.7 Å². The predicted molar refractivity (Wildman–Crippen MR) is 125 cm³/mol. The van der Waals surface area contributed by atoms with Crippen molar-refractivity contribution in [3.63, 3.8) is 0 Å². The van der Waals surface area contributed by atoms with E-state index in [1.165, 1.54) is 0 Å². The summed E-state index contributed by atoms with van der Waals surface area (Å²) in [4.78, 5) is 35.5. The Morgan fingerprint density at radius 1 is 0.710 bits per heavy atom. The van der Waals surface area contributed by atoms with Crippen molar-refractivity contribution in [1.29, 1.82) is 0 Å². The minimum atomic E-state index is -4.55. The van der Waals surface area contributed by atoms with E-state index >= 15 is 0 Å². The highest BCUT2D eigenvalue weighted by Gasteiger charge is 2.29. The highest BCUT2D eigenvalue weighted by molar-refractivity contribution is 7.80. The molecule has 0 unspecified atom stereocenters. The van der Waals surface area contributed by atoms with Gasteiger partial charge in [0.05, 0.1) is 11.2 Å². The van der Waals surface area contributed by atoms with Gasteiger partial charge in [-0.25, -0.2) is 9.13 Å². The molecule has 0 heterocycles. The molecule has 8 N–H and O–H groups in total. The highest BCUT2D eigenvalue weighted by atomic mass is 32.1. The predicted octanol–water partition coefficient (Wildman–Crippen LogP) is 0.861. The van der Waals surface area contributed by atoms with Crippen LogP contribution in [-0.2, 0) is 18.2 Å². The molecule has 0 aromatic heterocycles. The second-order valence-electron chi connectivity index (χ2n) is 7.90. The number of phosphoric ester groups is 2. The fourth-order valence-corrected chi connectivity index (χ4v) is 4.18. The fourth-order valence-electron chi connectivity index (χ4n) is 2.31. The number of hydrogen-bond donors (Lipinski definition) is 8. The van der Waals surface area contributed by atoms with Gasteiger partial charge in [-0.2, -0.15) is 0 Å². The standard InChI is InChI=1S/C15H34N4O8P2S2/c1-14(2,26-28(20,21)22)6-10-18-12(30)16-8-5-9-17-13(31)19-11-7-15(3,4)27-29(23,24)25/h5-11H2,1-4H3,(H2,16,18,30)(H2,17,19,31)(H2,20,21,22)(H2,23,24,25). The van der Waals surface area contributed by atoms with Gasteiger partial charge in [-0.15, -0.1) is 0 Å². The van der Waals surface area contributed by atoms with Crippen LogP contribution in [-0.4, -0.2) is 67.2 Å². The summed E-state index contributed by atoms with van der Waals surface area (Å²) < 4.78 is 31.2. The first-order valence-electron chi connectivity index (χ1n) is 9.47. The monoisotopic (exact) mass is 524 g/mol. The van der Waals surface area contributed by atoms with Gasteiger partial charge in [0.2, 0.25) is 0 Å².